The van der Waals surface area contributed by atoms with Crippen LogP contribution < -0.4 is 10.9 Å². The summed E-state index contributed by atoms with van der Waals surface area (Å²) in [4.78, 5) is 18.6. The highest BCUT2D eigenvalue weighted by molar-refractivity contribution is 7.99. The molecular weight excluding hydrogens is 260 g/mol. The van der Waals surface area contributed by atoms with E-state index in [2.05, 4.69) is 21.4 Å². The molecule has 0 radical (unpaired) electrons. The molecule has 5 nitrogen and oxygen atoms in total. The van der Waals surface area contributed by atoms with Crippen molar-refractivity contribution in [3.8, 4) is 6.07 Å². The summed E-state index contributed by atoms with van der Waals surface area (Å²) in [5.41, 5.74) is 0.0533. The van der Waals surface area contributed by atoms with Crippen molar-refractivity contribution in [2.45, 2.75) is 44.3 Å². The summed E-state index contributed by atoms with van der Waals surface area (Å²) in [7, 11) is 0. The number of thioether (sulfide) groups is 1. The number of rotatable bonds is 7. The number of aryl methyl sites for hydroxylation is 1. The average Bonchev–Trinajstić information content (AvgIpc) is 2.37. The zero-order valence-corrected chi connectivity index (χ0v) is 12.4. The third kappa shape index (κ3) is 5.05. The van der Waals surface area contributed by atoms with Crippen LogP contribution in [0.1, 0.15) is 32.9 Å². The highest BCUT2D eigenvalue weighted by atomic mass is 32.2. The molecule has 1 aromatic heterocycles. The van der Waals surface area contributed by atoms with E-state index in [4.69, 9.17) is 5.26 Å². The van der Waals surface area contributed by atoms with E-state index in [0.717, 1.165) is 25.1 Å². The van der Waals surface area contributed by atoms with Gasteiger partial charge in [-0.05, 0) is 19.9 Å². The van der Waals surface area contributed by atoms with Crippen molar-refractivity contribution in [1.29, 1.82) is 5.26 Å². The number of nitrogens with zero attached hydrogens (tertiary/aromatic N) is 2. The van der Waals surface area contributed by atoms with E-state index in [1.165, 1.54) is 17.8 Å². The fourth-order valence-electron chi connectivity index (χ4n) is 1.66. The highest BCUT2D eigenvalue weighted by Gasteiger charge is 2.23. The lowest BCUT2D eigenvalue weighted by molar-refractivity contribution is 0.511. The second-order valence-electron chi connectivity index (χ2n) is 4.55. The molecule has 1 heterocycles. The quantitative estimate of drug-likeness (QED) is 0.587. The molecular formula is C13H20N4OS. The van der Waals surface area contributed by atoms with Gasteiger partial charge in [0.05, 0.1) is 6.07 Å². The summed E-state index contributed by atoms with van der Waals surface area (Å²) in [5, 5.41) is 12.9. The maximum atomic E-state index is 11.5. The van der Waals surface area contributed by atoms with E-state index >= 15 is 0 Å². The van der Waals surface area contributed by atoms with Crippen molar-refractivity contribution in [2.24, 2.45) is 0 Å². The molecule has 0 spiro atoms. The van der Waals surface area contributed by atoms with Crippen LogP contribution in [0.25, 0.3) is 0 Å². The lowest BCUT2D eigenvalue weighted by atomic mass is 10.1. The molecule has 1 unspecified atom stereocenters. The predicted molar refractivity (Wildman–Crippen MR) is 77.3 cm³/mol. The lowest BCUT2D eigenvalue weighted by Gasteiger charge is -2.21. The minimum Gasteiger partial charge on any atom is -0.301 e. The van der Waals surface area contributed by atoms with E-state index in [-0.39, 0.29) is 5.56 Å². The van der Waals surface area contributed by atoms with E-state index in [0.29, 0.717) is 10.9 Å². The van der Waals surface area contributed by atoms with Crippen molar-refractivity contribution < 1.29 is 0 Å². The molecule has 2 N–H and O–H groups in total. The van der Waals surface area contributed by atoms with E-state index in [1.807, 2.05) is 20.8 Å². The molecule has 6 heteroatoms. The van der Waals surface area contributed by atoms with Gasteiger partial charge in [-0.2, -0.15) is 5.26 Å². The van der Waals surface area contributed by atoms with Crippen LogP contribution in [-0.2, 0) is 6.42 Å². The van der Waals surface area contributed by atoms with Crippen molar-refractivity contribution >= 4 is 11.8 Å². The van der Waals surface area contributed by atoms with E-state index in [1.54, 1.807) is 0 Å². The topological polar surface area (TPSA) is 81.6 Å². The molecule has 104 valence electrons. The standard InChI is InChI=1S/C13H20N4OS/c1-4-6-10-7-11(18)17-12(16-10)19-9-13(3,8-14)15-5-2/h7,15H,4-6,9H2,1-3H3,(H,16,17,18). The van der Waals surface area contributed by atoms with Gasteiger partial charge in [0.2, 0.25) is 0 Å². The maximum Gasteiger partial charge on any atom is 0.251 e. The summed E-state index contributed by atoms with van der Waals surface area (Å²) < 4.78 is 0. The van der Waals surface area contributed by atoms with Gasteiger partial charge in [-0.1, -0.05) is 32.0 Å². The number of nitriles is 1. The van der Waals surface area contributed by atoms with E-state index in [9.17, 15) is 4.79 Å². The predicted octanol–water partition coefficient (Wildman–Crippen LogP) is 1.71. The summed E-state index contributed by atoms with van der Waals surface area (Å²) >= 11 is 1.39. The zero-order valence-electron chi connectivity index (χ0n) is 11.6. The van der Waals surface area contributed by atoms with Crippen LogP contribution in [0, 0.1) is 11.3 Å². The van der Waals surface area contributed by atoms with Crippen LogP contribution in [0.4, 0.5) is 0 Å². The molecule has 0 aliphatic carbocycles. The summed E-state index contributed by atoms with van der Waals surface area (Å²) in [5.74, 6) is 0.538. The van der Waals surface area contributed by atoms with Crippen molar-refractivity contribution in [1.82, 2.24) is 15.3 Å². The SMILES string of the molecule is CCCc1cc(=O)[nH]c(SCC(C)(C#N)NCC)n1. The van der Waals surface area contributed by atoms with Crippen molar-refractivity contribution in [3.63, 3.8) is 0 Å². The average molecular weight is 280 g/mol. The van der Waals surface area contributed by atoms with Crippen LogP contribution in [0.15, 0.2) is 16.0 Å². The van der Waals surface area contributed by atoms with E-state index < -0.39 is 5.54 Å². The zero-order chi connectivity index (χ0) is 14.3. The fraction of sp³-hybridized carbons (Fsp3) is 0.615. The Labute approximate surface area is 117 Å². The van der Waals surface area contributed by atoms with Gasteiger partial charge in [0.1, 0.15) is 5.54 Å². The van der Waals surface area contributed by atoms with Crippen LogP contribution in [0.3, 0.4) is 0 Å². The Bertz CT molecular complexity index is 508. The molecule has 0 saturated carbocycles. The fourth-order valence-corrected chi connectivity index (χ4v) is 2.61. The first-order chi connectivity index (χ1) is 9.03. The van der Waals surface area contributed by atoms with Crippen molar-refractivity contribution in [3.05, 3.63) is 22.1 Å². The minimum absolute atomic E-state index is 0.136. The number of aromatic nitrogens is 2. The van der Waals surface area contributed by atoms with Crippen LogP contribution in [0.2, 0.25) is 0 Å². The summed E-state index contributed by atoms with van der Waals surface area (Å²) in [6.07, 6.45) is 1.74. The Kier molecular flexibility index (Phi) is 6.06. The van der Waals surface area contributed by atoms with Crippen LogP contribution in [0.5, 0.6) is 0 Å². The molecule has 1 aromatic rings. The number of hydrogen-bond acceptors (Lipinski definition) is 5. The molecule has 0 fully saturated rings. The Morgan fingerprint density at radius 2 is 2.32 bits per heavy atom. The highest BCUT2D eigenvalue weighted by Crippen LogP contribution is 2.18. The second kappa shape index (κ2) is 7.31. The first-order valence-electron chi connectivity index (χ1n) is 6.42. The largest absolute Gasteiger partial charge is 0.301 e. The third-order valence-electron chi connectivity index (χ3n) is 2.59. The summed E-state index contributed by atoms with van der Waals surface area (Å²) in [6, 6.07) is 3.78. The molecule has 0 aliphatic heterocycles. The van der Waals surface area contributed by atoms with Gasteiger partial charge in [-0.25, -0.2) is 4.98 Å². The first-order valence-corrected chi connectivity index (χ1v) is 7.41. The van der Waals surface area contributed by atoms with Gasteiger partial charge in [-0.15, -0.1) is 0 Å². The Hall–Kier alpha value is -1.32. The Morgan fingerprint density at radius 3 is 2.89 bits per heavy atom. The molecule has 0 aromatic carbocycles. The Morgan fingerprint density at radius 1 is 1.58 bits per heavy atom. The molecule has 0 aliphatic rings. The molecule has 1 atom stereocenters. The molecule has 0 amide bonds. The van der Waals surface area contributed by atoms with Gasteiger partial charge >= 0.3 is 0 Å². The van der Waals surface area contributed by atoms with Crippen molar-refractivity contribution in [2.75, 3.05) is 12.3 Å². The van der Waals surface area contributed by atoms with Gasteiger partial charge in [0.15, 0.2) is 5.16 Å². The van der Waals surface area contributed by atoms with Gasteiger partial charge < -0.3 is 4.98 Å². The van der Waals surface area contributed by atoms with Crippen LogP contribution in [-0.4, -0.2) is 27.8 Å². The maximum absolute atomic E-state index is 11.5. The monoisotopic (exact) mass is 280 g/mol. The lowest BCUT2D eigenvalue weighted by Crippen LogP contribution is -2.43. The third-order valence-corrected chi connectivity index (χ3v) is 3.78. The number of hydrogen-bond donors (Lipinski definition) is 2. The van der Waals surface area contributed by atoms with Gasteiger partial charge in [0.25, 0.3) is 5.56 Å². The molecule has 19 heavy (non-hydrogen) atoms. The normalized spacial score (nSPS) is 13.8. The number of nitrogens with one attached hydrogen (secondary N) is 2. The summed E-state index contributed by atoms with van der Waals surface area (Å²) in [6.45, 7) is 6.58. The van der Waals surface area contributed by atoms with Gasteiger partial charge in [0, 0.05) is 17.5 Å². The number of H-pyrrole nitrogens is 1. The molecule has 0 saturated heterocycles. The first kappa shape index (κ1) is 15.7. The van der Waals surface area contributed by atoms with Gasteiger partial charge in [-0.3, -0.25) is 10.1 Å². The Balaban J connectivity index is 2.77. The van der Waals surface area contributed by atoms with Crippen LogP contribution >= 0.6 is 11.8 Å². The molecule has 0 bridgehead atoms. The minimum atomic E-state index is -0.612. The second-order valence-corrected chi connectivity index (χ2v) is 5.52. The number of aromatic amines is 1. The molecule has 1 rings (SSSR count). The smallest absolute Gasteiger partial charge is 0.251 e.